The lowest BCUT2D eigenvalue weighted by atomic mass is 9.87. The van der Waals surface area contributed by atoms with E-state index in [0.29, 0.717) is 12.0 Å². The highest BCUT2D eigenvalue weighted by molar-refractivity contribution is 6.41. The molecule has 1 aromatic heterocycles. The molecule has 2 aromatic carbocycles. The predicted octanol–water partition coefficient (Wildman–Crippen LogP) is 3.03. The Morgan fingerprint density at radius 2 is 1.84 bits per heavy atom. The highest BCUT2D eigenvalue weighted by Crippen LogP contribution is 2.31. The first-order valence-corrected chi connectivity index (χ1v) is 8.49. The molecular formula is C19H24BN5. The zero-order valence-corrected chi connectivity index (χ0v) is 15.2. The molecule has 0 saturated carbocycles. The van der Waals surface area contributed by atoms with Crippen molar-refractivity contribution in [3.05, 3.63) is 42.0 Å². The number of anilines is 2. The van der Waals surface area contributed by atoms with Gasteiger partial charge in [0.05, 0.1) is 11.6 Å². The molecule has 0 bridgehead atoms. The van der Waals surface area contributed by atoms with Crippen molar-refractivity contribution in [1.82, 2.24) is 15.0 Å². The van der Waals surface area contributed by atoms with Gasteiger partial charge in [-0.3, -0.25) is 0 Å². The van der Waals surface area contributed by atoms with Crippen molar-refractivity contribution >= 4 is 35.7 Å². The molecule has 0 saturated heterocycles. The van der Waals surface area contributed by atoms with E-state index in [4.69, 9.17) is 13.6 Å². The molecule has 2 radical (unpaired) electrons. The van der Waals surface area contributed by atoms with Gasteiger partial charge >= 0.3 is 0 Å². The van der Waals surface area contributed by atoms with E-state index in [0.717, 1.165) is 28.0 Å². The predicted molar refractivity (Wildman–Crippen MR) is 105 cm³/mol. The molecule has 1 heterocycles. The Kier molecular flexibility index (Phi) is 4.46. The van der Waals surface area contributed by atoms with Crippen LogP contribution in [0.3, 0.4) is 0 Å². The molecule has 3 rings (SSSR count). The lowest BCUT2D eigenvalue weighted by Gasteiger charge is -2.27. The van der Waals surface area contributed by atoms with Gasteiger partial charge in [-0.1, -0.05) is 38.1 Å². The van der Waals surface area contributed by atoms with E-state index in [1.54, 1.807) is 0 Å². The second-order valence-corrected chi connectivity index (χ2v) is 7.57. The maximum absolute atomic E-state index is 6.33. The number of rotatable bonds is 4. The third-order valence-electron chi connectivity index (χ3n) is 4.77. The topological polar surface area (TPSA) is 68.8 Å². The highest BCUT2D eigenvalue weighted by atomic mass is 15.4. The Labute approximate surface area is 150 Å². The standard InChI is InChI=1S/C19H24BN5/c1-12(19(2,3)4)25-16-10-9-15(17(20)18(16)23-24-25)22-11-13-5-7-14(21)8-6-13/h5-10,12,22H,11,21H2,1-4H3/t12-/m1/s1. The van der Waals surface area contributed by atoms with Crippen LogP contribution in [0.4, 0.5) is 11.4 Å². The summed E-state index contributed by atoms with van der Waals surface area (Å²) in [5.74, 6) is 0. The number of benzene rings is 2. The molecule has 3 aromatic rings. The summed E-state index contributed by atoms with van der Waals surface area (Å²) >= 11 is 0. The van der Waals surface area contributed by atoms with E-state index in [1.165, 1.54) is 0 Å². The van der Waals surface area contributed by atoms with Gasteiger partial charge < -0.3 is 11.1 Å². The first-order chi connectivity index (χ1) is 11.8. The number of hydrogen-bond acceptors (Lipinski definition) is 4. The van der Waals surface area contributed by atoms with Crippen molar-refractivity contribution in [3.8, 4) is 0 Å². The molecule has 0 amide bonds. The Morgan fingerprint density at radius 3 is 2.48 bits per heavy atom. The van der Waals surface area contributed by atoms with Crippen LogP contribution in [0, 0.1) is 5.41 Å². The van der Waals surface area contributed by atoms with Crippen LogP contribution in [0.1, 0.15) is 39.3 Å². The van der Waals surface area contributed by atoms with Crippen LogP contribution < -0.4 is 16.5 Å². The first-order valence-electron chi connectivity index (χ1n) is 8.49. The maximum Gasteiger partial charge on any atom is 0.119 e. The van der Waals surface area contributed by atoms with Gasteiger partial charge in [-0.25, -0.2) is 4.68 Å². The van der Waals surface area contributed by atoms with Gasteiger partial charge in [0.1, 0.15) is 13.4 Å². The van der Waals surface area contributed by atoms with Crippen molar-refractivity contribution in [2.45, 2.75) is 40.3 Å². The molecule has 3 N–H and O–H groups in total. The summed E-state index contributed by atoms with van der Waals surface area (Å²) in [7, 11) is 6.33. The summed E-state index contributed by atoms with van der Waals surface area (Å²) in [6, 6.07) is 12.0. The van der Waals surface area contributed by atoms with E-state index < -0.39 is 0 Å². The third-order valence-corrected chi connectivity index (χ3v) is 4.77. The van der Waals surface area contributed by atoms with Crippen LogP contribution in [0.15, 0.2) is 36.4 Å². The summed E-state index contributed by atoms with van der Waals surface area (Å²) in [4.78, 5) is 0. The monoisotopic (exact) mass is 333 g/mol. The molecule has 1 atom stereocenters. The van der Waals surface area contributed by atoms with Gasteiger partial charge in [0.15, 0.2) is 0 Å². The van der Waals surface area contributed by atoms with E-state index in [-0.39, 0.29) is 11.5 Å². The van der Waals surface area contributed by atoms with E-state index in [9.17, 15) is 0 Å². The SMILES string of the molecule is [B]c1c(NCc2ccc(N)cc2)ccc2c1nnn2[C@H](C)C(C)(C)C. The molecule has 0 unspecified atom stereocenters. The number of fused-ring (bicyclic) bond motifs is 1. The van der Waals surface area contributed by atoms with Gasteiger partial charge in [-0.15, -0.1) is 5.10 Å². The van der Waals surface area contributed by atoms with Crippen molar-refractivity contribution in [2.75, 3.05) is 11.1 Å². The number of nitrogens with one attached hydrogen (secondary N) is 1. The van der Waals surface area contributed by atoms with Gasteiger partial charge in [-0.05, 0) is 47.6 Å². The van der Waals surface area contributed by atoms with Crippen molar-refractivity contribution in [2.24, 2.45) is 5.41 Å². The summed E-state index contributed by atoms with van der Waals surface area (Å²) in [5, 5.41) is 12.0. The van der Waals surface area contributed by atoms with E-state index >= 15 is 0 Å². The number of hydrogen-bond donors (Lipinski definition) is 2. The van der Waals surface area contributed by atoms with Gasteiger partial charge in [0.25, 0.3) is 0 Å². The average molecular weight is 333 g/mol. The van der Waals surface area contributed by atoms with Crippen molar-refractivity contribution in [1.29, 1.82) is 0 Å². The fourth-order valence-corrected chi connectivity index (χ4v) is 2.67. The molecule has 25 heavy (non-hydrogen) atoms. The maximum atomic E-state index is 6.33. The minimum atomic E-state index is 0.0848. The first kappa shape index (κ1) is 17.3. The van der Waals surface area contributed by atoms with Crippen molar-refractivity contribution < 1.29 is 0 Å². The largest absolute Gasteiger partial charge is 0.399 e. The molecular weight excluding hydrogens is 309 g/mol. The summed E-state index contributed by atoms with van der Waals surface area (Å²) in [5.41, 5.74) is 10.9. The fraction of sp³-hybridized carbons (Fsp3) is 0.368. The van der Waals surface area contributed by atoms with E-state index in [2.05, 4.69) is 43.3 Å². The fourth-order valence-electron chi connectivity index (χ4n) is 2.67. The smallest absolute Gasteiger partial charge is 0.119 e. The number of nitrogens with two attached hydrogens (primary N) is 1. The Bertz CT molecular complexity index is 877. The number of nitrogen functional groups attached to an aromatic ring is 1. The summed E-state index contributed by atoms with van der Waals surface area (Å²) in [6.45, 7) is 9.39. The molecule has 0 aliphatic carbocycles. The zero-order valence-electron chi connectivity index (χ0n) is 15.2. The molecule has 0 spiro atoms. The van der Waals surface area contributed by atoms with E-state index in [1.807, 2.05) is 41.1 Å². The number of nitrogens with zero attached hydrogens (tertiary/aromatic N) is 3. The Hall–Kier alpha value is -2.50. The summed E-state index contributed by atoms with van der Waals surface area (Å²) in [6.07, 6.45) is 0. The molecule has 5 nitrogen and oxygen atoms in total. The Morgan fingerprint density at radius 1 is 1.16 bits per heavy atom. The van der Waals surface area contributed by atoms with Gasteiger partial charge in [0, 0.05) is 17.9 Å². The second kappa shape index (κ2) is 6.43. The normalized spacial score (nSPS) is 13.1. The molecule has 0 fully saturated rings. The summed E-state index contributed by atoms with van der Waals surface area (Å²) < 4.78 is 1.95. The molecule has 0 aliphatic rings. The van der Waals surface area contributed by atoms with Gasteiger partial charge in [0.2, 0.25) is 0 Å². The molecule has 6 heteroatoms. The molecule has 128 valence electrons. The van der Waals surface area contributed by atoms with Crippen molar-refractivity contribution in [3.63, 3.8) is 0 Å². The minimum absolute atomic E-state index is 0.0848. The highest BCUT2D eigenvalue weighted by Gasteiger charge is 2.24. The van der Waals surface area contributed by atoms with Crippen LogP contribution in [0.5, 0.6) is 0 Å². The van der Waals surface area contributed by atoms with Crippen LogP contribution in [-0.4, -0.2) is 22.8 Å². The van der Waals surface area contributed by atoms with Crippen LogP contribution >= 0.6 is 0 Å². The number of aromatic nitrogens is 3. The lowest BCUT2D eigenvalue weighted by molar-refractivity contribution is 0.247. The second-order valence-electron chi connectivity index (χ2n) is 7.57. The van der Waals surface area contributed by atoms with Crippen LogP contribution in [0.25, 0.3) is 11.0 Å². The minimum Gasteiger partial charge on any atom is -0.399 e. The quantitative estimate of drug-likeness (QED) is 0.569. The zero-order chi connectivity index (χ0) is 18.2. The third kappa shape index (κ3) is 3.48. The lowest BCUT2D eigenvalue weighted by Crippen LogP contribution is -2.22. The average Bonchev–Trinajstić information content (AvgIpc) is 2.99. The van der Waals surface area contributed by atoms with Gasteiger partial charge in [-0.2, -0.15) is 0 Å². The van der Waals surface area contributed by atoms with Crippen LogP contribution in [0.2, 0.25) is 0 Å². The Balaban J connectivity index is 1.86. The molecule has 0 aliphatic heterocycles. The van der Waals surface area contributed by atoms with Crippen LogP contribution in [-0.2, 0) is 6.54 Å².